The minimum atomic E-state index is -0.494. The van der Waals surface area contributed by atoms with E-state index in [1.807, 2.05) is 0 Å². The summed E-state index contributed by atoms with van der Waals surface area (Å²) >= 11 is 0. The minimum Gasteiger partial charge on any atom is -0.387 e. The quantitative estimate of drug-likeness (QED) is 0.620. The topological polar surface area (TPSA) is 66.6 Å². The molecule has 13 heavy (non-hydrogen) atoms. The van der Waals surface area contributed by atoms with E-state index in [0.717, 1.165) is 12.8 Å². The van der Waals surface area contributed by atoms with E-state index in [1.54, 1.807) is 0 Å². The lowest BCUT2D eigenvalue weighted by Gasteiger charge is -2.46. The van der Waals surface area contributed by atoms with E-state index in [2.05, 4.69) is 11.8 Å². The average Bonchev–Trinajstić information content (AvgIpc) is 1.97. The fourth-order valence-electron chi connectivity index (χ4n) is 1.84. The summed E-state index contributed by atoms with van der Waals surface area (Å²) in [5.74, 6) is -0.272. The lowest BCUT2D eigenvalue weighted by molar-refractivity contribution is -0.123. The molecule has 1 rings (SSSR count). The SMILES string of the molecule is CCCC1(O)CN(CCC(N)=O)C1. The normalized spacial score (nSPS) is 21.1. The van der Waals surface area contributed by atoms with E-state index in [9.17, 15) is 9.90 Å². The number of primary amides is 1. The van der Waals surface area contributed by atoms with Crippen molar-refractivity contribution in [1.82, 2.24) is 4.90 Å². The van der Waals surface area contributed by atoms with Crippen LogP contribution >= 0.6 is 0 Å². The summed E-state index contributed by atoms with van der Waals surface area (Å²) in [6.45, 7) is 4.12. The van der Waals surface area contributed by atoms with Gasteiger partial charge in [-0.3, -0.25) is 9.69 Å². The highest BCUT2D eigenvalue weighted by atomic mass is 16.3. The Morgan fingerprint density at radius 1 is 1.62 bits per heavy atom. The lowest BCUT2D eigenvalue weighted by atomic mass is 9.89. The lowest BCUT2D eigenvalue weighted by Crippen LogP contribution is -2.61. The van der Waals surface area contributed by atoms with Crippen molar-refractivity contribution in [2.75, 3.05) is 19.6 Å². The molecule has 1 heterocycles. The smallest absolute Gasteiger partial charge is 0.218 e. The highest BCUT2D eigenvalue weighted by Gasteiger charge is 2.39. The Balaban J connectivity index is 2.13. The third-order valence-corrected chi connectivity index (χ3v) is 2.43. The van der Waals surface area contributed by atoms with Crippen LogP contribution in [0.15, 0.2) is 0 Å². The molecule has 0 aromatic rings. The van der Waals surface area contributed by atoms with Gasteiger partial charge in [-0.05, 0) is 6.42 Å². The van der Waals surface area contributed by atoms with Crippen molar-refractivity contribution < 1.29 is 9.90 Å². The Morgan fingerprint density at radius 3 is 2.69 bits per heavy atom. The van der Waals surface area contributed by atoms with E-state index < -0.39 is 5.60 Å². The maximum Gasteiger partial charge on any atom is 0.218 e. The molecule has 76 valence electrons. The molecule has 0 aliphatic carbocycles. The summed E-state index contributed by atoms with van der Waals surface area (Å²) in [7, 11) is 0. The molecule has 1 saturated heterocycles. The average molecular weight is 186 g/mol. The van der Waals surface area contributed by atoms with Gasteiger partial charge in [0.1, 0.15) is 0 Å². The Bertz CT molecular complexity index is 188. The highest BCUT2D eigenvalue weighted by molar-refractivity contribution is 5.73. The number of β-amino-alcohol motifs (C(OH)–C–C–N with tert-alkyl or cyclic N) is 1. The van der Waals surface area contributed by atoms with Crippen LogP contribution in [-0.2, 0) is 4.79 Å². The van der Waals surface area contributed by atoms with Gasteiger partial charge in [-0.15, -0.1) is 0 Å². The fourth-order valence-corrected chi connectivity index (χ4v) is 1.84. The van der Waals surface area contributed by atoms with Gasteiger partial charge in [0.15, 0.2) is 0 Å². The molecule has 1 amide bonds. The molecule has 0 aromatic heterocycles. The van der Waals surface area contributed by atoms with Crippen molar-refractivity contribution in [3.63, 3.8) is 0 Å². The first-order chi connectivity index (χ1) is 6.06. The van der Waals surface area contributed by atoms with Gasteiger partial charge in [0, 0.05) is 26.1 Å². The van der Waals surface area contributed by atoms with Gasteiger partial charge >= 0.3 is 0 Å². The second kappa shape index (κ2) is 4.07. The van der Waals surface area contributed by atoms with Gasteiger partial charge < -0.3 is 10.8 Å². The van der Waals surface area contributed by atoms with Gasteiger partial charge in [0.2, 0.25) is 5.91 Å². The number of carbonyl (C=O) groups excluding carboxylic acids is 1. The van der Waals surface area contributed by atoms with Crippen molar-refractivity contribution in [3.8, 4) is 0 Å². The van der Waals surface area contributed by atoms with Crippen LogP contribution in [0.4, 0.5) is 0 Å². The van der Waals surface area contributed by atoms with Gasteiger partial charge in [-0.2, -0.15) is 0 Å². The second-order valence-electron chi connectivity index (χ2n) is 3.90. The number of carbonyl (C=O) groups is 1. The minimum absolute atomic E-state index is 0.272. The number of likely N-dealkylation sites (tertiary alicyclic amines) is 1. The van der Waals surface area contributed by atoms with Crippen molar-refractivity contribution in [2.45, 2.75) is 31.8 Å². The van der Waals surface area contributed by atoms with Crippen LogP contribution < -0.4 is 5.73 Å². The third-order valence-electron chi connectivity index (χ3n) is 2.43. The van der Waals surface area contributed by atoms with Crippen molar-refractivity contribution in [1.29, 1.82) is 0 Å². The largest absolute Gasteiger partial charge is 0.387 e. The number of aliphatic hydroxyl groups is 1. The molecule has 0 aromatic carbocycles. The molecule has 4 heteroatoms. The molecule has 1 fully saturated rings. The first kappa shape index (κ1) is 10.5. The second-order valence-corrected chi connectivity index (χ2v) is 3.90. The molecule has 1 aliphatic rings. The molecule has 0 bridgehead atoms. The number of nitrogens with zero attached hydrogens (tertiary/aromatic N) is 1. The number of nitrogens with two attached hydrogens (primary N) is 1. The van der Waals surface area contributed by atoms with E-state index in [0.29, 0.717) is 26.1 Å². The van der Waals surface area contributed by atoms with E-state index in [4.69, 9.17) is 5.73 Å². The summed E-state index contributed by atoms with van der Waals surface area (Å²) in [5, 5.41) is 9.79. The zero-order chi connectivity index (χ0) is 9.90. The van der Waals surface area contributed by atoms with Crippen LogP contribution in [-0.4, -0.2) is 41.1 Å². The standard InChI is InChI=1S/C9H18N2O2/c1-2-4-9(13)6-11(7-9)5-3-8(10)12/h13H,2-7H2,1H3,(H2,10,12). The summed E-state index contributed by atoms with van der Waals surface area (Å²) in [4.78, 5) is 12.5. The number of hydrogen-bond donors (Lipinski definition) is 2. The van der Waals surface area contributed by atoms with Crippen LogP contribution in [0.3, 0.4) is 0 Å². The van der Waals surface area contributed by atoms with E-state index in [1.165, 1.54) is 0 Å². The van der Waals surface area contributed by atoms with Crippen LogP contribution in [0, 0.1) is 0 Å². The Morgan fingerprint density at radius 2 is 2.23 bits per heavy atom. The van der Waals surface area contributed by atoms with Gasteiger partial charge in [-0.1, -0.05) is 13.3 Å². The maximum absolute atomic E-state index is 10.5. The molecule has 0 spiro atoms. The van der Waals surface area contributed by atoms with Crippen LogP contribution in [0.2, 0.25) is 0 Å². The number of rotatable bonds is 5. The summed E-state index contributed by atoms with van der Waals surface area (Å²) in [5.41, 5.74) is 4.52. The maximum atomic E-state index is 10.5. The molecule has 1 aliphatic heterocycles. The van der Waals surface area contributed by atoms with Crippen molar-refractivity contribution >= 4 is 5.91 Å². The summed E-state index contributed by atoms with van der Waals surface area (Å²) in [6, 6.07) is 0. The zero-order valence-electron chi connectivity index (χ0n) is 8.12. The van der Waals surface area contributed by atoms with Crippen LogP contribution in [0.5, 0.6) is 0 Å². The summed E-state index contributed by atoms with van der Waals surface area (Å²) in [6.07, 6.45) is 2.24. The molecule has 0 atom stereocenters. The monoisotopic (exact) mass is 186 g/mol. The molecular weight excluding hydrogens is 168 g/mol. The first-order valence-corrected chi connectivity index (χ1v) is 4.79. The Kier molecular flexibility index (Phi) is 3.27. The number of hydrogen-bond acceptors (Lipinski definition) is 3. The Hall–Kier alpha value is -0.610. The third kappa shape index (κ3) is 2.97. The van der Waals surface area contributed by atoms with Gasteiger partial charge in [0.05, 0.1) is 5.60 Å². The molecule has 0 saturated carbocycles. The molecule has 0 radical (unpaired) electrons. The first-order valence-electron chi connectivity index (χ1n) is 4.79. The van der Waals surface area contributed by atoms with Crippen LogP contribution in [0.25, 0.3) is 0 Å². The summed E-state index contributed by atoms with van der Waals surface area (Å²) < 4.78 is 0. The van der Waals surface area contributed by atoms with E-state index >= 15 is 0 Å². The predicted octanol–water partition coefficient (Wildman–Crippen LogP) is -0.291. The Labute approximate surface area is 78.7 Å². The van der Waals surface area contributed by atoms with Gasteiger partial charge in [0.25, 0.3) is 0 Å². The number of amides is 1. The van der Waals surface area contributed by atoms with Crippen LogP contribution in [0.1, 0.15) is 26.2 Å². The van der Waals surface area contributed by atoms with E-state index in [-0.39, 0.29) is 5.91 Å². The van der Waals surface area contributed by atoms with Crippen molar-refractivity contribution in [2.24, 2.45) is 5.73 Å². The predicted molar refractivity (Wildman–Crippen MR) is 50.1 cm³/mol. The molecular formula is C9H18N2O2. The molecule has 4 nitrogen and oxygen atoms in total. The highest BCUT2D eigenvalue weighted by Crippen LogP contribution is 2.25. The molecule has 0 unspecified atom stereocenters. The van der Waals surface area contributed by atoms with Crippen molar-refractivity contribution in [3.05, 3.63) is 0 Å². The zero-order valence-corrected chi connectivity index (χ0v) is 8.12. The fraction of sp³-hybridized carbons (Fsp3) is 0.889. The molecule has 3 N–H and O–H groups in total. The van der Waals surface area contributed by atoms with Gasteiger partial charge in [-0.25, -0.2) is 0 Å².